The SMILES string of the molecule is O=C(C[S-])c1ccccc1.[CH-]1CCCC1.[Fe+2]. The summed E-state index contributed by atoms with van der Waals surface area (Å²) in [5, 5.41) is 0. The largest absolute Gasteiger partial charge is 2.00 e. The number of carbonyl (C=O) groups excluding carboxylic acids is 1. The topological polar surface area (TPSA) is 17.1 Å². The van der Waals surface area contributed by atoms with Crippen LogP contribution in [0.2, 0.25) is 0 Å². The number of rotatable bonds is 2. The van der Waals surface area contributed by atoms with Crippen LogP contribution in [0.4, 0.5) is 0 Å². The van der Waals surface area contributed by atoms with Gasteiger partial charge in [0.2, 0.25) is 0 Å². The van der Waals surface area contributed by atoms with E-state index in [1.807, 2.05) is 18.2 Å². The first-order valence-electron chi connectivity index (χ1n) is 5.32. The molecule has 1 aliphatic rings. The van der Waals surface area contributed by atoms with Crippen LogP contribution in [0.5, 0.6) is 0 Å². The molecule has 0 atom stereocenters. The molecule has 1 aromatic rings. The number of hydrogen-bond donors (Lipinski definition) is 0. The standard InChI is InChI=1S/C8H8OS.C5H9.Fe/c9-8(6-10)7-4-2-1-3-5-7;1-2-4-5-3-1;/h1-5,10H,6H2;1H,2-5H2;/q;-1;+2/p-1. The number of carbonyl (C=O) groups is 1. The number of Topliss-reactive ketones (excluding diaryl/α,β-unsaturated/α-hetero) is 1. The van der Waals surface area contributed by atoms with E-state index in [0.717, 1.165) is 0 Å². The summed E-state index contributed by atoms with van der Waals surface area (Å²) < 4.78 is 0. The minimum absolute atomic E-state index is 0. The third kappa shape index (κ3) is 6.37. The average Bonchev–Trinajstić information content (AvgIpc) is 2.88. The second-order valence-electron chi connectivity index (χ2n) is 3.51. The molecule has 0 saturated heterocycles. The molecule has 0 amide bonds. The van der Waals surface area contributed by atoms with Gasteiger partial charge in [-0.2, -0.15) is 12.8 Å². The van der Waals surface area contributed by atoms with E-state index in [9.17, 15) is 4.79 Å². The van der Waals surface area contributed by atoms with Crippen molar-refractivity contribution in [3.63, 3.8) is 0 Å². The predicted molar refractivity (Wildman–Crippen MR) is 65.8 cm³/mol. The summed E-state index contributed by atoms with van der Waals surface area (Å²) in [7, 11) is 0. The number of benzene rings is 1. The number of ketones is 1. The van der Waals surface area contributed by atoms with E-state index >= 15 is 0 Å². The molecular formula is C13H16FeOS. The van der Waals surface area contributed by atoms with Crippen molar-refractivity contribution in [3.05, 3.63) is 42.3 Å². The van der Waals surface area contributed by atoms with Gasteiger partial charge in [-0.25, -0.2) is 0 Å². The zero-order valence-electron chi connectivity index (χ0n) is 9.17. The molecule has 0 radical (unpaired) electrons. The van der Waals surface area contributed by atoms with Gasteiger partial charge in [0.25, 0.3) is 0 Å². The molecule has 1 saturated carbocycles. The quantitative estimate of drug-likeness (QED) is 0.357. The van der Waals surface area contributed by atoms with Crippen LogP contribution in [-0.2, 0) is 29.7 Å². The molecule has 1 aliphatic carbocycles. The van der Waals surface area contributed by atoms with Crippen molar-refractivity contribution in [2.45, 2.75) is 25.7 Å². The second kappa shape index (κ2) is 9.95. The van der Waals surface area contributed by atoms with E-state index in [1.54, 1.807) is 12.1 Å². The Bertz CT molecular complexity index is 276. The van der Waals surface area contributed by atoms with E-state index < -0.39 is 0 Å². The Balaban J connectivity index is 0.000000318. The Labute approximate surface area is 114 Å². The fourth-order valence-corrected chi connectivity index (χ4v) is 1.60. The first kappa shape index (κ1) is 15.8. The molecule has 2 rings (SSSR count). The van der Waals surface area contributed by atoms with Crippen LogP contribution >= 0.6 is 0 Å². The molecule has 88 valence electrons. The third-order valence-corrected chi connectivity index (χ3v) is 2.56. The van der Waals surface area contributed by atoms with E-state index in [-0.39, 0.29) is 28.6 Å². The maximum Gasteiger partial charge on any atom is 2.00 e. The van der Waals surface area contributed by atoms with Crippen LogP contribution in [0.1, 0.15) is 36.0 Å². The Hall–Kier alpha value is -0.241. The van der Waals surface area contributed by atoms with Gasteiger partial charge in [0.15, 0.2) is 0 Å². The van der Waals surface area contributed by atoms with Gasteiger partial charge >= 0.3 is 17.1 Å². The first-order chi connectivity index (χ1) is 7.34. The summed E-state index contributed by atoms with van der Waals surface area (Å²) in [4.78, 5) is 10.9. The van der Waals surface area contributed by atoms with Gasteiger partial charge < -0.3 is 19.0 Å². The van der Waals surface area contributed by atoms with E-state index in [2.05, 4.69) is 19.0 Å². The molecule has 0 bridgehead atoms. The van der Waals surface area contributed by atoms with Gasteiger partial charge in [-0.05, 0) is 0 Å². The summed E-state index contributed by atoms with van der Waals surface area (Å²) in [5.74, 6) is 0.194. The van der Waals surface area contributed by atoms with E-state index in [1.165, 1.54) is 25.7 Å². The maximum absolute atomic E-state index is 10.9. The molecule has 1 fully saturated rings. The Morgan fingerprint density at radius 1 is 1.19 bits per heavy atom. The normalized spacial score (nSPS) is 13.3. The monoisotopic (exact) mass is 276 g/mol. The van der Waals surface area contributed by atoms with Crippen LogP contribution in [0.3, 0.4) is 0 Å². The van der Waals surface area contributed by atoms with Crippen molar-refractivity contribution in [2.75, 3.05) is 5.75 Å². The van der Waals surface area contributed by atoms with Crippen molar-refractivity contribution < 1.29 is 21.9 Å². The zero-order chi connectivity index (χ0) is 10.9. The van der Waals surface area contributed by atoms with Crippen molar-refractivity contribution in [2.24, 2.45) is 0 Å². The molecular weight excluding hydrogens is 260 g/mol. The van der Waals surface area contributed by atoms with Gasteiger partial charge in [-0.15, -0.1) is 5.75 Å². The molecule has 0 unspecified atom stereocenters. The summed E-state index contributed by atoms with van der Waals surface area (Å²) in [6.07, 6.45) is 8.00. The Morgan fingerprint density at radius 3 is 2.12 bits per heavy atom. The molecule has 0 aliphatic heterocycles. The smallest absolute Gasteiger partial charge is 0.785 e. The molecule has 0 aromatic heterocycles. The summed E-state index contributed by atoms with van der Waals surface area (Å²) in [6.45, 7) is 0. The van der Waals surface area contributed by atoms with Crippen LogP contribution in [0, 0.1) is 6.42 Å². The van der Waals surface area contributed by atoms with Gasteiger partial charge in [-0.3, -0.25) is 4.79 Å². The van der Waals surface area contributed by atoms with E-state index in [0.29, 0.717) is 5.56 Å². The Kier molecular flexibility index (Phi) is 9.80. The minimum atomic E-state index is 0. The van der Waals surface area contributed by atoms with Gasteiger partial charge in [-0.1, -0.05) is 43.2 Å². The fraction of sp³-hybridized carbons (Fsp3) is 0.385. The van der Waals surface area contributed by atoms with Crippen LogP contribution in [0.25, 0.3) is 0 Å². The van der Waals surface area contributed by atoms with Crippen LogP contribution in [0.15, 0.2) is 30.3 Å². The van der Waals surface area contributed by atoms with Gasteiger partial charge in [0.1, 0.15) is 5.78 Å². The molecule has 1 aromatic carbocycles. The van der Waals surface area contributed by atoms with Crippen molar-refractivity contribution >= 4 is 18.4 Å². The molecule has 3 heteroatoms. The van der Waals surface area contributed by atoms with Crippen molar-refractivity contribution in [1.82, 2.24) is 0 Å². The molecule has 0 heterocycles. The average molecular weight is 276 g/mol. The third-order valence-electron chi connectivity index (χ3n) is 2.29. The number of hydrogen-bond acceptors (Lipinski definition) is 2. The second-order valence-corrected chi connectivity index (χ2v) is 3.80. The van der Waals surface area contributed by atoms with Crippen molar-refractivity contribution in [1.29, 1.82) is 0 Å². The first-order valence-corrected chi connectivity index (χ1v) is 5.90. The summed E-state index contributed by atoms with van der Waals surface area (Å²) >= 11 is 4.61. The summed E-state index contributed by atoms with van der Waals surface area (Å²) in [5.41, 5.74) is 0.706. The maximum atomic E-state index is 10.9. The molecule has 0 spiro atoms. The zero-order valence-corrected chi connectivity index (χ0v) is 11.1. The minimum Gasteiger partial charge on any atom is -0.785 e. The van der Waals surface area contributed by atoms with E-state index in [4.69, 9.17) is 0 Å². The van der Waals surface area contributed by atoms with Crippen LogP contribution in [-0.4, -0.2) is 11.5 Å². The fourth-order valence-electron chi connectivity index (χ4n) is 1.43. The van der Waals surface area contributed by atoms with Gasteiger partial charge in [0, 0.05) is 5.56 Å². The molecule has 16 heavy (non-hydrogen) atoms. The van der Waals surface area contributed by atoms with Gasteiger partial charge in [0.05, 0.1) is 0 Å². The molecule has 1 nitrogen and oxygen atoms in total. The molecule has 0 N–H and O–H groups in total. The van der Waals surface area contributed by atoms with Crippen molar-refractivity contribution in [3.8, 4) is 0 Å². The Morgan fingerprint density at radius 2 is 1.75 bits per heavy atom. The summed E-state index contributed by atoms with van der Waals surface area (Å²) in [6, 6.07) is 9.08. The van der Waals surface area contributed by atoms with Crippen LogP contribution < -0.4 is 0 Å². The predicted octanol–water partition coefficient (Wildman–Crippen LogP) is 3.18.